The van der Waals surface area contributed by atoms with Crippen LogP contribution in [0.2, 0.25) is 0 Å². The van der Waals surface area contributed by atoms with Gasteiger partial charge in [0.2, 0.25) is 17.8 Å². The molecule has 108 valence electrons. The van der Waals surface area contributed by atoms with Crippen LogP contribution in [0.4, 0.5) is 11.9 Å². The second-order valence-electron chi connectivity index (χ2n) is 4.75. The molecule has 2 heterocycles. The van der Waals surface area contributed by atoms with E-state index in [-0.39, 0.29) is 11.5 Å². The maximum absolute atomic E-state index is 5.77. The zero-order valence-corrected chi connectivity index (χ0v) is 12.2. The normalized spacial score (nSPS) is 11.6. The van der Waals surface area contributed by atoms with E-state index in [1.54, 1.807) is 23.3 Å². The zero-order valence-electron chi connectivity index (χ0n) is 12.2. The monoisotopic (exact) mass is 275 g/mol. The third-order valence-corrected chi connectivity index (χ3v) is 3.78. The molecule has 0 saturated carbocycles. The maximum atomic E-state index is 5.77. The van der Waals surface area contributed by atoms with Crippen molar-refractivity contribution in [3.8, 4) is 5.95 Å². The van der Waals surface area contributed by atoms with E-state index in [2.05, 4.69) is 46.0 Å². The molecule has 20 heavy (non-hydrogen) atoms. The fourth-order valence-electron chi connectivity index (χ4n) is 2.18. The lowest BCUT2D eigenvalue weighted by molar-refractivity contribution is 0.417. The zero-order chi connectivity index (χ0) is 14.6. The first-order valence-corrected chi connectivity index (χ1v) is 6.90. The van der Waals surface area contributed by atoms with Crippen molar-refractivity contribution in [3.63, 3.8) is 0 Å². The number of nitrogens with one attached hydrogen (secondary N) is 1. The molecule has 0 amide bonds. The highest BCUT2D eigenvalue weighted by atomic mass is 15.3. The number of aromatic nitrogens is 5. The van der Waals surface area contributed by atoms with E-state index in [0.29, 0.717) is 11.9 Å². The van der Waals surface area contributed by atoms with Gasteiger partial charge in [0.05, 0.1) is 0 Å². The van der Waals surface area contributed by atoms with Crippen LogP contribution in [0.1, 0.15) is 40.0 Å². The minimum absolute atomic E-state index is 0.0139. The molecule has 0 aliphatic rings. The van der Waals surface area contributed by atoms with Crippen molar-refractivity contribution < 1.29 is 0 Å². The van der Waals surface area contributed by atoms with Gasteiger partial charge < -0.3 is 11.1 Å². The first-order valence-electron chi connectivity index (χ1n) is 6.90. The molecule has 0 fully saturated rings. The molecule has 2 aromatic rings. The molecule has 0 atom stereocenters. The van der Waals surface area contributed by atoms with Crippen LogP contribution in [-0.2, 0) is 0 Å². The summed E-state index contributed by atoms with van der Waals surface area (Å²) in [4.78, 5) is 16.7. The van der Waals surface area contributed by atoms with Crippen LogP contribution in [0, 0.1) is 0 Å². The average Bonchev–Trinajstić information content (AvgIpc) is 2.98. The number of imidazole rings is 1. The summed E-state index contributed by atoms with van der Waals surface area (Å²) in [5.74, 6) is 1.17. The van der Waals surface area contributed by atoms with Crippen molar-refractivity contribution >= 4 is 11.9 Å². The van der Waals surface area contributed by atoms with Crippen molar-refractivity contribution in [2.45, 2.75) is 45.6 Å². The molecule has 7 heteroatoms. The smallest absolute Gasteiger partial charge is 0.241 e. The lowest BCUT2D eigenvalue weighted by Crippen LogP contribution is -2.37. The molecule has 7 nitrogen and oxygen atoms in total. The lowest BCUT2D eigenvalue weighted by Gasteiger charge is -2.31. The first-order chi connectivity index (χ1) is 9.62. The molecular formula is C13H21N7. The van der Waals surface area contributed by atoms with Crippen molar-refractivity contribution in [2.75, 3.05) is 11.1 Å². The highest BCUT2D eigenvalue weighted by molar-refractivity contribution is 5.37. The fourth-order valence-corrected chi connectivity index (χ4v) is 2.18. The SMILES string of the molecule is CCC(CC)(CC)Nc1nc(N)nc(-n2ccnc2)n1. The van der Waals surface area contributed by atoms with E-state index in [4.69, 9.17) is 5.73 Å². The van der Waals surface area contributed by atoms with Gasteiger partial charge in [0, 0.05) is 17.9 Å². The van der Waals surface area contributed by atoms with E-state index in [1.807, 2.05) is 0 Å². The summed E-state index contributed by atoms with van der Waals surface area (Å²) in [6.07, 6.45) is 8.04. The van der Waals surface area contributed by atoms with Crippen LogP contribution in [0.5, 0.6) is 0 Å². The molecular weight excluding hydrogens is 254 g/mol. The van der Waals surface area contributed by atoms with Gasteiger partial charge in [-0.25, -0.2) is 4.98 Å². The van der Waals surface area contributed by atoms with E-state index in [1.165, 1.54) is 0 Å². The second-order valence-corrected chi connectivity index (χ2v) is 4.75. The van der Waals surface area contributed by atoms with Gasteiger partial charge in [-0.2, -0.15) is 15.0 Å². The van der Waals surface area contributed by atoms with E-state index >= 15 is 0 Å². The molecule has 0 unspecified atom stereocenters. The predicted molar refractivity (Wildman–Crippen MR) is 78.6 cm³/mol. The van der Waals surface area contributed by atoms with Crippen LogP contribution in [0.25, 0.3) is 5.95 Å². The number of rotatable bonds is 6. The Hall–Kier alpha value is -2.18. The average molecular weight is 275 g/mol. The molecule has 2 aromatic heterocycles. The van der Waals surface area contributed by atoms with Gasteiger partial charge in [-0.05, 0) is 19.3 Å². The number of nitrogen functional groups attached to an aromatic ring is 1. The van der Waals surface area contributed by atoms with Crippen LogP contribution < -0.4 is 11.1 Å². The van der Waals surface area contributed by atoms with Gasteiger partial charge in [-0.15, -0.1) is 0 Å². The topological polar surface area (TPSA) is 94.5 Å². The Kier molecular flexibility index (Phi) is 4.16. The minimum atomic E-state index is -0.0139. The van der Waals surface area contributed by atoms with Gasteiger partial charge in [0.1, 0.15) is 6.33 Å². The molecule has 0 spiro atoms. The number of anilines is 2. The Balaban J connectivity index is 2.33. The summed E-state index contributed by atoms with van der Waals surface area (Å²) in [6, 6.07) is 0. The number of nitrogens with two attached hydrogens (primary N) is 1. The van der Waals surface area contributed by atoms with Crippen LogP contribution in [0.15, 0.2) is 18.7 Å². The summed E-state index contributed by atoms with van der Waals surface area (Å²) < 4.78 is 1.70. The maximum Gasteiger partial charge on any atom is 0.241 e. The summed E-state index contributed by atoms with van der Waals surface area (Å²) in [6.45, 7) is 6.46. The highest BCUT2D eigenvalue weighted by Gasteiger charge is 2.25. The van der Waals surface area contributed by atoms with Crippen molar-refractivity contribution in [1.82, 2.24) is 24.5 Å². The predicted octanol–water partition coefficient (Wildman–Crippen LogP) is 2.02. The number of hydrogen-bond donors (Lipinski definition) is 2. The second kappa shape index (κ2) is 5.85. The minimum Gasteiger partial charge on any atom is -0.368 e. The fraction of sp³-hybridized carbons (Fsp3) is 0.538. The third-order valence-electron chi connectivity index (χ3n) is 3.78. The van der Waals surface area contributed by atoms with Gasteiger partial charge in [0.15, 0.2) is 0 Å². The van der Waals surface area contributed by atoms with E-state index in [9.17, 15) is 0 Å². The van der Waals surface area contributed by atoms with Crippen molar-refractivity contribution in [2.24, 2.45) is 0 Å². The molecule has 0 aliphatic carbocycles. The Morgan fingerprint density at radius 1 is 1.15 bits per heavy atom. The van der Waals surface area contributed by atoms with E-state index < -0.39 is 0 Å². The van der Waals surface area contributed by atoms with Gasteiger partial charge in [-0.1, -0.05) is 20.8 Å². The molecule has 0 radical (unpaired) electrons. The quantitative estimate of drug-likeness (QED) is 0.837. The molecule has 0 saturated heterocycles. The highest BCUT2D eigenvalue weighted by Crippen LogP contribution is 2.24. The molecule has 0 aromatic carbocycles. The molecule has 3 N–H and O–H groups in total. The number of hydrogen-bond acceptors (Lipinski definition) is 6. The summed E-state index contributed by atoms with van der Waals surface area (Å²) in [5.41, 5.74) is 5.76. The molecule has 2 rings (SSSR count). The first kappa shape index (κ1) is 14.2. The summed E-state index contributed by atoms with van der Waals surface area (Å²) >= 11 is 0. The number of nitrogens with zero attached hydrogens (tertiary/aromatic N) is 5. The molecule has 0 bridgehead atoms. The van der Waals surface area contributed by atoms with Crippen LogP contribution >= 0.6 is 0 Å². The van der Waals surface area contributed by atoms with Crippen LogP contribution in [-0.4, -0.2) is 30.0 Å². The Labute approximate surface area is 118 Å². The summed E-state index contributed by atoms with van der Waals surface area (Å²) in [5, 5.41) is 3.41. The lowest BCUT2D eigenvalue weighted by atomic mass is 9.90. The third kappa shape index (κ3) is 2.87. The van der Waals surface area contributed by atoms with Gasteiger partial charge in [-0.3, -0.25) is 4.57 Å². The van der Waals surface area contributed by atoms with Gasteiger partial charge >= 0.3 is 0 Å². The Bertz CT molecular complexity index is 538. The summed E-state index contributed by atoms with van der Waals surface area (Å²) in [7, 11) is 0. The van der Waals surface area contributed by atoms with Crippen LogP contribution in [0.3, 0.4) is 0 Å². The van der Waals surface area contributed by atoms with E-state index in [0.717, 1.165) is 19.3 Å². The standard InChI is InChI=1S/C13H21N7/c1-4-13(5-2,6-3)19-11-16-10(14)17-12(18-11)20-8-7-15-9-20/h7-9H,4-6H2,1-3H3,(H3,14,16,17,18,19). The molecule has 0 aliphatic heterocycles. The Morgan fingerprint density at radius 3 is 2.40 bits per heavy atom. The van der Waals surface area contributed by atoms with Gasteiger partial charge in [0.25, 0.3) is 0 Å². The Morgan fingerprint density at radius 2 is 1.85 bits per heavy atom. The van der Waals surface area contributed by atoms with Crippen molar-refractivity contribution in [1.29, 1.82) is 0 Å². The van der Waals surface area contributed by atoms with Crippen molar-refractivity contribution in [3.05, 3.63) is 18.7 Å². The largest absolute Gasteiger partial charge is 0.368 e.